The molecule has 29 heavy (non-hydrogen) atoms. The van der Waals surface area contributed by atoms with Gasteiger partial charge in [-0.25, -0.2) is 4.68 Å². The lowest BCUT2D eigenvalue weighted by atomic mass is 10.1. The molecule has 4 rings (SSSR count). The summed E-state index contributed by atoms with van der Waals surface area (Å²) in [5.41, 5.74) is 4.01. The van der Waals surface area contributed by atoms with Crippen molar-refractivity contribution >= 4 is 23.7 Å². The van der Waals surface area contributed by atoms with Crippen LogP contribution >= 0.6 is 11.8 Å². The Kier molecular flexibility index (Phi) is 6.40. The van der Waals surface area contributed by atoms with Gasteiger partial charge in [0.1, 0.15) is 0 Å². The molecular weight excluding hydrogens is 382 g/mol. The second-order valence-corrected chi connectivity index (χ2v) is 8.96. The van der Waals surface area contributed by atoms with E-state index >= 15 is 0 Å². The van der Waals surface area contributed by atoms with Crippen molar-refractivity contribution in [2.45, 2.75) is 45.3 Å². The Morgan fingerprint density at radius 3 is 2.83 bits per heavy atom. The highest BCUT2D eigenvalue weighted by atomic mass is 32.2. The number of thioether (sulfide) groups is 1. The summed E-state index contributed by atoms with van der Waals surface area (Å²) in [5.74, 6) is 2.24. The maximum Gasteiger partial charge on any atom is 0.246 e. The van der Waals surface area contributed by atoms with Crippen LogP contribution in [0.1, 0.15) is 36.2 Å². The van der Waals surface area contributed by atoms with Crippen molar-refractivity contribution in [3.05, 3.63) is 53.4 Å². The predicted octanol–water partition coefficient (Wildman–Crippen LogP) is 4.02. The number of rotatable bonds is 6. The van der Waals surface area contributed by atoms with E-state index in [4.69, 9.17) is 4.74 Å². The zero-order valence-corrected chi connectivity index (χ0v) is 18.0. The standard InChI is InChI=1S/C23H29N3O2S/c1-17-22(18(2)26(24-17)19-7-4-3-5-8-19)10-11-23(27)25(20-12-14-29-16-20)15-21-9-6-13-28-21/h3-5,7-8,10-11,20-21H,6,9,12-16H2,1-2H3/b11-10+. The van der Waals surface area contributed by atoms with Gasteiger partial charge < -0.3 is 9.64 Å². The molecule has 2 saturated heterocycles. The number of hydrogen-bond donors (Lipinski definition) is 0. The van der Waals surface area contributed by atoms with E-state index in [1.165, 1.54) is 0 Å². The maximum atomic E-state index is 13.1. The first-order chi connectivity index (χ1) is 14.1. The molecule has 1 aromatic carbocycles. The van der Waals surface area contributed by atoms with E-state index in [0.29, 0.717) is 12.6 Å². The summed E-state index contributed by atoms with van der Waals surface area (Å²) in [4.78, 5) is 15.2. The van der Waals surface area contributed by atoms with Gasteiger partial charge in [-0.3, -0.25) is 4.79 Å². The molecule has 6 heteroatoms. The third-order valence-corrected chi connectivity index (χ3v) is 6.94. The van der Waals surface area contributed by atoms with Crippen molar-refractivity contribution in [1.82, 2.24) is 14.7 Å². The van der Waals surface area contributed by atoms with E-state index in [1.54, 1.807) is 6.08 Å². The minimum absolute atomic E-state index is 0.0826. The molecule has 2 aliphatic heterocycles. The topological polar surface area (TPSA) is 47.4 Å². The molecule has 0 N–H and O–H groups in total. The minimum Gasteiger partial charge on any atom is -0.376 e. The first kappa shape index (κ1) is 20.2. The lowest BCUT2D eigenvalue weighted by molar-refractivity contribution is -0.129. The predicted molar refractivity (Wildman–Crippen MR) is 118 cm³/mol. The molecule has 2 unspecified atom stereocenters. The fraction of sp³-hybridized carbons (Fsp3) is 0.478. The number of aryl methyl sites for hydroxylation is 1. The molecule has 0 radical (unpaired) electrons. The summed E-state index contributed by atoms with van der Waals surface area (Å²) in [5, 5.41) is 4.68. The quantitative estimate of drug-likeness (QED) is 0.674. The second-order valence-electron chi connectivity index (χ2n) is 7.81. The molecule has 154 valence electrons. The molecule has 0 saturated carbocycles. The Bertz CT molecular complexity index is 866. The molecule has 0 bridgehead atoms. The SMILES string of the molecule is Cc1nn(-c2ccccc2)c(C)c1/C=C/C(=O)N(CC1CCCO1)C1CCSC1. The Hall–Kier alpha value is -2.05. The van der Waals surface area contributed by atoms with Crippen LogP contribution in [-0.4, -0.2) is 57.4 Å². The molecule has 5 nitrogen and oxygen atoms in total. The summed E-state index contributed by atoms with van der Waals surface area (Å²) < 4.78 is 7.75. The number of nitrogens with zero attached hydrogens (tertiary/aromatic N) is 3. The highest BCUT2D eigenvalue weighted by molar-refractivity contribution is 7.99. The van der Waals surface area contributed by atoms with Gasteiger partial charge in [0.2, 0.25) is 5.91 Å². The van der Waals surface area contributed by atoms with Gasteiger partial charge in [0.15, 0.2) is 0 Å². The summed E-state index contributed by atoms with van der Waals surface area (Å²) >= 11 is 1.93. The molecule has 2 aromatic rings. The summed E-state index contributed by atoms with van der Waals surface area (Å²) in [6.45, 7) is 5.57. The third kappa shape index (κ3) is 4.59. The first-order valence-electron chi connectivity index (χ1n) is 10.4. The molecule has 0 spiro atoms. The monoisotopic (exact) mass is 411 g/mol. The average Bonchev–Trinajstić information content (AvgIpc) is 3.48. The summed E-state index contributed by atoms with van der Waals surface area (Å²) in [7, 11) is 0. The van der Waals surface area contributed by atoms with Crippen molar-refractivity contribution in [2.24, 2.45) is 0 Å². The van der Waals surface area contributed by atoms with Crippen LogP contribution in [0.3, 0.4) is 0 Å². The normalized spacial score (nSPS) is 21.9. The van der Waals surface area contributed by atoms with Gasteiger partial charge in [-0.2, -0.15) is 16.9 Å². The number of para-hydroxylation sites is 1. The highest BCUT2D eigenvalue weighted by Crippen LogP contribution is 2.25. The third-order valence-electron chi connectivity index (χ3n) is 5.79. The van der Waals surface area contributed by atoms with Crippen LogP contribution in [0.25, 0.3) is 11.8 Å². The Labute approximate surface area is 177 Å². The number of hydrogen-bond acceptors (Lipinski definition) is 4. The fourth-order valence-electron chi connectivity index (χ4n) is 4.16. The zero-order valence-electron chi connectivity index (χ0n) is 17.2. The van der Waals surface area contributed by atoms with Crippen LogP contribution in [-0.2, 0) is 9.53 Å². The second kappa shape index (κ2) is 9.18. The van der Waals surface area contributed by atoms with Gasteiger partial charge in [0, 0.05) is 42.3 Å². The Balaban J connectivity index is 1.53. The van der Waals surface area contributed by atoms with Gasteiger partial charge in [-0.15, -0.1) is 0 Å². The maximum absolute atomic E-state index is 13.1. The number of amides is 1. The van der Waals surface area contributed by atoms with E-state index in [0.717, 1.165) is 60.0 Å². The number of aromatic nitrogens is 2. The summed E-state index contributed by atoms with van der Waals surface area (Å²) in [6.07, 6.45) is 7.06. The fourth-order valence-corrected chi connectivity index (χ4v) is 5.39. The van der Waals surface area contributed by atoms with Gasteiger partial charge in [-0.1, -0.05) is 18.2 Å². The van der Waals surface area contributed by atoms with Crippen LogP contribution in [0.2, 0.25) is 0 Å². The van der Waals surface area contributed by atoms with Crippen molar-refractivity contribution in [3.8, 4) is 5.69 Å². The first-order valence-corrected chi connectivity index (χ1v) is 11.6. The minimum atomic E-state index is 0.0826. The van der Waals surface area contributed by atoms with E-state index < -0.39 is 0 Å². The van der Waals surface area contributed by atoms with Crippen LogP contribution < -0.4 is 0 Å². The molecule has 2 aliphatic rings. The van der Waals surface area contributed by atoms with Crippen LogP contribution in [0.5, 0.6) is 0 Å². The van der Waals surface area contributed by atoms with Crippen LogP contribution in [0.15, 0.2) is 36.4 Å². The molecule has 3 heterocycles. The smallest absolute Gasteiger partial charge is 0.246 e. The van der Waals surface area contributed by atoms with Gasteiger partial charge in [-0.05, 0) is 57.1 Å². The van der Waals surface area contributed by atoms with Crippen molar-refractivity contribution in [2.75, 3.05) is 24.7 Å². The molecule has 0 aliphatic carbocycles. The van der Waals surface area contributed by atoms with Crippen molar-refractivity contribution in [3.63, 3.8) is 0 Å². The Morgan fingerprint density at radius 2 is 2.14 bits per heavy atom. The van der Waals surface area contributed by atoms with Gasteiger partial charge >= 0.3 is 0 Å². The molecule has 1 amide bonds. The average molecular weight is 412 g/mol. The number of carbonyl (C=O) groups excluding carboxylic acids is 1. The van der Waals surface area contributed by atoms with E-state index in [2.05, 4.69) is 12.0 Å². The molecule has 2 atom stereocenters. The lowest BCUT2D eigenvalue weighted by Gasteiger charge is -2.29. The van der Waals surface area contributed by atoms with Gasteiger partial charge in [0.25, 0.3) is 0 Å². The lowest BCUT2D eigenvalue weighted by Crippen LogP contribution is -2.44. The van der Waals surface area contributed by atoms with Crippen molar-refractivity contribution in [1.29, 1.82) is 0 Å². The van der Waals surface area contributed by atoms with Crippen LogP contribution in [0, 0.1) is 13.8 Å². The molecular formula is C23H29N3O2S. The van der Waals surface area contributed by atoms with Crippen molar-refractivity contribution < 1.29 is 9.53 Å². The number of carbonyl (C=O) groups is 1. The number of ether oxygens (including phenoxy) is 1. The Morgan fingerprint density at radius 1 is 1.31 bits per heavy atom. The molecule has 2 fully saturated rings. The largest absolute Gasteiger partial charge is 0.376 e. The van der Waals surface area contributed by atoms with E-state index in [9.17, 15) is 4.79 Å². The van der Waals surface area contributed by atoms with E-state index in [-0.39, 0.29) is 12.0 Å². The van der Waals surface area contributed by atoms with Gasteiger partial charge in [0.05, 0.1) is 17.5 Å². The van der Waals surface area contributed by atoms with Crippen LogP contribution in [0.4, 0.5) is 0 Å². The zero-order chi connectivity index (χ0) is 20.2. The summed E-state index contributed by atoms with van der Waals surface area (Å²) in [6, 6.07) is 10.4. The highest BCUT2D eigenvalue weighted by Gasteiger charge is 2.29. The molecule has 1 aromatic heterocycles. The number of benzene rings is 1. The van der Waals surface area contributed by atoms with E-state index in [1.807, 2.05) is 64.7 Å².